The van der Waals surface area contributed by atoms with E-state index in [9.17, 15) is 4.79 Å². The molecular formula is C11H21NO4. The fraction of sp³-hybridized carbons (Fsp3) is 0.909. The third kappa shape index (κ3) is 2.86. The zero-order valence-electron chi connectivity index (χ0n) is 10.9. The van der Waals surface area contributed by atoms with E-state index in [1.54, 1.807) is 7.11 Å². The SMILES string of the molecule is COC1COC(C)(C)N1C(=O)OC(C)(C)C. The number of hydrogen-bond acceptors (Lipinski definition) is 4. The average molecular weight is 231 g/mol. The molecule has 1 aliphatic heterocycles. The quantitative estimate of drug-likeness (QED) is 0.692. The van der Waals surface area contributed by atoms with Gasteiger partial charge in [0.25, 0.3) is 0 Å². The number of rotatable bonds is 1. The van der Waals surface area contributed by atoms with E-state index >= 15 is 0 Å². The van der Waals surface area contributed by atoms with Crippen molar-refractivity contribution in [3.8, 4) is 0 Å². The van der Waals surface area contributed by atoms with Gasteiger partial charge < -0.3 is 14.2 Å². The van der Waals surface area contributed by atoms with Gasteiger partial charge >= 0.3 is 6.09 Å². The molecule has 0 saturated carbocycles. The Balaban J connectivity index is 2.79. The number of carbonyl (C=O) groups excluding carboxylic acids is 1. The van der Waals surface area contributed by atoms with E-state index in [1.807, 2.05) is 34.6 Å². The number of hydrogen-bond donors (Lipinski definition) is 0. The maximum atomic E-state index is 12.0. The summed E-state index contributed by atoms with van der Waals surface area (Å²) in [4.78, 5) is 13.5. The van der Waals surface area contributed by atoms with Crippen LogP contribution in [0.15, 0.2) is 0 Å². The fourth-order valence-electron chi connectivity index (χ4n) is 1.59. The lowest BCUT2D eigenvalue weighted by molar-refractivity contribution is -0.0822. The van der Waals surface area contributed by atoms with Gasteiger partial charge in [-0.05, 0) is 34.6 Å². The molecule has 1 atom stereocenters. The first kappa shape index (κ1) is 13.3. The van der Waals surface area contributed by atoms with Crippen molar-refractivity contribution in [2.45, 2.75) is 52.2 Å². The number of methoxy groups -OCH3 is 1. The lowest BCUT2D eigenvalue weighted by atomic mass is 10.2. The third-order valence-corrected chi connectivity index (χ3v) is 2.31. The van der Waals surface area contributed by atoms with E-state index in [-0.39, 0.29) is 6.23 Å². The van der Waals surface area contributed by atoms with Crippen molar-refractivity contribution in [1.29, 1.82) is 0 Å². The summed E-state index contributed by atoms with van der Waals surface area (Å²) in [6.45, 7) is 9.48. The molecule has 1 heterocycles. The van der Waals surface area contributed by atoms with Gasteiger partial charge in [-0.15, -0.1) is 0 Å². The lowest BCUT2D eigenvalue weighted by Gasteiger charge is -2.34. The molecule has 0 aliphatic carbocycles. The molecular weight excluding hydrogens is 210 g/mol. The largest absolute Gasteiger partial charge is 0.444 e. The van der Waals surface area contributed by atoms with Gasteiger partial charge in [0.1, 0.15) is 11.3 Å². The van der Waals surface area contributed by atoms with Gasteiger partial charge in [-0.2, -0.15) is 0 Å². The molecule has 0 aromatic heterocycles. The maximum Gasteiger partial charge on any atom is 0.414 e. The van der Waals surface area contributed by atoms with Crippen LogP contribution < -0.4 is 0 Å². The van der Waals surface area contributed by atoms with Gasteiger partial charge in [-0.3, -0.25) is 4.90 Å². The minimum atomic E-state index is -0.691. The third-order valence-electron chi connectivity index (χ3n) is 2.31. The van der Waals surface area contributed by atoms with E-state index < -0.39 is 17.4 Å². The van der Waals surface area contributed by atoms with Crippen molar-refractivity contribution in [3.05, 3.63) is 0 Å². The van der Waals surface area contributed by atoms with Crippen molar-refractivity contribution in [3.63, 3.8) is 0 Å². The topological polar surface area (TPSA) is 48.0 Å². The Morgan fingerprint density at radius 3 is 2.44 bits per heavy atom. The average Bonchev–Trinajstić information content (AvgIpc) is 2.37. The minimum Gasteiger partial charge on any atom is -0.444 e. The summed E-state index contributed by atoms with van der Waals surface area (Å²) in [6, 6.07) is 0. The molecule has 5 nitrogen and oxygen atoms in total. The van der Waals surface area contributed by atoms with Crippen LogP contribution in [0.1, 0.15) is 34.6 Å². The molecule has 0 bridgehead atoms. The van der Waals surface area contributed by atoms with Gasteiger partial charge in [-0.25, -0.2) is 4.79 Å². The smallest absolute Gasteiger partial charge is 0.414 e. The van der Waals surface area contributed by atoms with E-state index in [0.717, 1.165) is 0 Å². The molecule has 5 heteroatoms. The van der Waals surface area contributed by atoms with Crippen molar-refractivity contribution < 1.29 is 19.0 Å². The second-order valence-electron chi connectivity index (χ2n) is 5.30. The normalized spacial score (nSPS) is 24.6. The van der Waals surface area contributed by atoms with Crippen LogP contribution in [0.25, 0.3) is 0 Å². The second-order valence-corrected chi connectivity index (χ2v) is 5.30. The van der Waals surface area contributed by atoms with Gasteiger partial charge in [0.2, 0.25) is 0 Å². The molecule has 1 amide bonds. The number of nitrogens with zero attached hydrogens (tertiary/aromatic N) is 1. The Bertz CT molecular complexity index is 270. The van der Waals surface area contributed by atoms with Crippen molar-refractivity contribution in [2.24, 2.45) is 0 Å². The summed E-state index contributed by atoms with van der Waals surface area (Å²) in [5.74, 6) is 0. The molecule has 1 rings (SSSR count). The summed E-state index contributed by atoms with van der Waals surface area (Å²) >= 11 is 0. The highest BCUT2D eigenvalue weighted by atomic mass is 16.6. The monoisotopic (exact) mass is 231 g/mol. The molecule has 1 unspecified atom stereocenters. The van der Waals surface area contributed by atoms with Crippen LogP contribution in [0.2, 0.25) is 0 Å². The Morgan fingerprint density at radius 2 is 2.00 bits per heavy atom. The molecule has 0 radical (unpaired) electrons. The second kappa shape index (κ2) is 4.22. The molecule has 0 aromatic carbocycles. The molecule has 0 N–H and O–H groups in total. The van der Waals surface area contributed by atoms with Crippen molar-refractivity contribution in [2.75, 3.05) is 13.7 Å². The molecule has 16 heavy (non-hydrogen) atoms. The van der Waals surface area contributed by atoms with Crippen LogP contribution in [0.3, 0.4) is 0 Å². The Labute approximate surface area is 96.6 Å². The summed E-state index contributed by atoms with van der Waals surface area (Å²) in [5, 5.41) is 0. The van der Waals surface area contributed by atoms with Crippen LogP contribution in [-0.4, -0.2) is 42.3 Å². The van der Waals surface area contributed by atoms with Crippen LogP contribution in [-0.2, 0) is 14.2 Å². The first-order chi connectivity index (χ1) is 7.17. The first-order valence-electron chi connectivity index (χ1n) is 5.36. The highest BCUT2D eigenvalue weighted by Gasteiger charge is 2.45. The van der Waals surface area contributed by atoms with Crippen LogP contribution in [0.5, 0.6) is 0 Å². The zero-order valence-corrected chi connectivity index (χ0v) is 10.9. The number of carbonyl (C=O) groups is 1. The van der Waals surface area contributed by atoms with Gasteiger partial charge in [0.15, 0.2) is 6.23 Å². The number of amides is 1. The predicted molar refractivity (Wildman–Crippen MR) is 58.9 cm³/mol. The molecule has 1 saturated heterocycles. The standard InChI is InChI=1S/C11H21NO4/c1-10(2,3)16-9(13)12-8(14-6)7-15-11(12,4)5/h8H,7H2,1-6H3. The predicted octanol–water partition coefficient (Wildman–Crippen LogP) is 1.96. The highest BCUT2D eigenvalue weighted by Crippen LogP contribution is 2.29. The molecule has 0 aromatic rings. The van der Waals surface area contributed by atoms with Gasteiger partial charge in [0, 0.05) is 7.11 Å². The molecule has 0 spiro atoms. The van der Waals surface area contributed by atoms with Crippen LogP contribution in [0.4, 0.5) is 4.79 Å². The molecule has 94 valence electrons. The van der Waals surface area contributed by atoms with Crippen LogP contribution >= 0.6 is 0 Å². The summed E-state index contributed by atoms with van der Waals surface area (Å²) < 4.78 is 16.0. The van der Waals surface area contributed by atoms with Gasteiger partial charge in [-0.1, -0.05) is 0 Å². The zero-order chi connectivity index (χ0) is 12.6. The molecule has 1 fully saturated rings. The Morgan fingerprint density at radius 1 is 1.44 bits per heavy atom. The van der Waals surface area contributed by atoms with E-state index in [4.69, 9.17) is 14.2 Å². The Hall–Kier alpha value is -0.810. The summed E-state index contributed by atoms with van der Waals surface area (Å²) in [7, 11) is 1.55. The molecule has 1 aliphatic rings. The van der Waals surface area contributed by atoms with Crippen LogP contribution in [0, 0.1) is 0 Å². The summed E-state index contributed by atoms with van der Waals surface area (Å²) in [5.41, 5.74) is -1.21. The highest BCUT2D eigenvalue weighted by molar-refractivity contribution is 5.69. The minimum absolute atomic E-state index is 0.364. The van der Waals surface area contributed by atoms with Crippen molar-refractivity contribution in [1.82, 2.24) is 4.90 Å². The maximum absolute atomic E-state index is 12.0. The van der Waals surface area contributed by atoms with E-state index in [2.05, 4.69) is 0 Å². The summed E-state index contributed by atoms with van der Waals surface area (Å²) in [6.07, 6.45) is -0.799. The lowest BCUT2D eigenvalue weighted by Crippen LogP contribution is -2.50. The fourth-order valence-corrected chi connectivity index (χ4v) is 1.59. The van der Waals surface area contributed by atoms with E-state index in [1.165, 1.54) is 4.90 Å². The Kier molecular flexibility index (Phi) is 3.50. The first-order valence-corrected chi connectivity index (χ1v) is 5.36. The number of ether oxygens (including phenoxy) is 3. The van der Waals surface area contributed by atoms with Gasteiger partial charge in [0.05, 0.1) is 6.61 Å². The van der Waals surface area contributed by atoms with E-state index in [0.29, 0.717) is 6.61 Å². The van der Waals surface area contributed by atoms with Crippen molar-refractivity contribution >= 4 is 6.09 Å².